The number of halogens is 1. The highest BCUT2D eigenvalue weighted by atomic mass is 35.5. The van der Waals surface area contributed by atoms with Crippen molar-refractivity contribution in [3.05, 3.63) is 83.4 Å². The van der Waals surface area contributed by atoms with Crippen molar-refractivity contribution >= 4 is 52.0 Å². The van der Waals surface area contributed by atoms with Gasteiger partial charge in [0, 0.05) is 16.8 Å². The SMILES string of the molecule is Cc1ccccc1C(=O)Nc1ccccc1C1=CC(Cl)(C(=S)NC(N)=O)C(O)(N(C)C)C=C1. The second kappa shape index (κ2) is 9.44. The Labute approximate surface area is 202 Å². The number of carbonyl (C=O) groups excluding carboxylic acids is 2. The summed E-state index contributed by atoms with van der Waals surface area (Å²) in [4.78, 5) is 24.0. The Morgan fingerprint density at radius 3 is 2.39 bits per heavy atom. The molecule has 9 heteroatoms. The van der Waals surface area contributed by atoms with E-state index in [-0.39, 0.29) is 10.9 Å². The molecule has 33 heavy (non-hydrogen) atoms. The number of para-hydroxylation sites is 1. The third-order valence-corrected chi connectivity index (χ3v) is 6.62. The summed E-state index contributed by atoms with van der Waals surface area (Å²) >= 11 is 12.2. The summed E-state index contributed by atoms with van der Waals surface area (Å²) in [7, 11) is 3.26. The van der Waals surface area contributed by atoms with Gasteiger partial charge in [0.1, 0.15) is 4.99 Å². The van der Waals surface area contributed by atoms with Gasteiger partial charge in [-0.3, -0.25) is 9.69 Å². The Bertz CT molecular complexity index is 1180. The number of benzene rings is 2. The number of amides is 3. The summed E-state index contributed by atoms with van der Waals surface area (Å²) in [6.07, 6.45) is 4.72. The number of nitrogens with two attached hydrogens (primary N) is 1. The van der Waals surface area contributed by atoms with E-state index < -0.39 is 16.6 Å². The first-order valence-electron chi connectivity index (χ1n) is 10.1. The predicted molar refractivity (Wildman–Crippen MR) is 135 cm³/mol. The molecule has 0 saturated carbocycles. The standard InChI is InChI=1S/C24H25ClN4O3S/c1-15-8-4-5-9-17(15)20(30)27-19-11-7-6-10-18(19)16-12-13-24(32,29(2)3)23(25,14-16)21(33)28-22(26)31/h4-14,32H,1-3H3,(H,27,30)(H3,26,28,31,33). The van der Waals surface area contributed by atoms with Crippen molar-refractivity contribution in [1.82, 2.24) is 10.2 Å². The number of carbonyl (C=O) groups is 2. The van der Waals surface area contributed by atoms with Gasteiger partial charge in [0.2, 0.25) is 0 Å². The molecule has 0 fully saturated rings. The van der Waals surface area contributed by atoms with E-state index in [0.29, 0.717) is 22.4 Å². The van der Waals surface area contributed by atoms with Gasteiger partial charge in [0.05, 0.1) is 0 Å². The topological polar surface area (TPSA) is 108 Å². The maximum atomic E-state index is 12.9. The molecule has 0 spiro atoms. The number of anilines is 1. The molecule has 0 heterocycles. The molecule has 2 atom stereocenters. The molecule has 1 aliphatic carbocycles. The molecule has 7 nitrogen and oxygen atoms in total. The maximum Gasteiger partial charge on any atom is 0.317 e. The lowest BCUT2D eigenvalue weighted by Gasteiger charge is -2.45. The molecule has 0 aromatic heterocycles. The quantitative estimate of drug-likeness (QED) is 0.295. The fourth-order valence-corrected chi connectivity index (χ4v) is 4.34. The van der Waals surface area contributed by atoms with E-state index in [1.54, 1.807) is 50.5 Å². The van der Waals surface area contributed by atoms with Crippen LogP contribution in [0.1, 0.15) is 21.5 Å². The highest BCUT2D eigenvalue weighted by Crippen LogP contribution is 2.42. The number of primary amides is 1. The first kappa shape index (κ1) is 24.6. The molecule has 2 unspecified atom stereocenters. The number of nitrogens with zero attached hydrogens (tertiary/aromatic N) is 1. The third-order valence-electron chi connectivity index (χ3n) is 5.51. The number of rotatable bonds is 5. The summed E-state index contributed by atoms with van der Waals surface area (Å²) in [5.41, 5.74) is 6.68. The van der Waals surface area contributed by atoms with Crippen molar-refractivity contribution in [3.63, 3.8) is 0 Å². The van der Waals surface area contributed by atoms with E-state index in [1.165, 1.54) is 11.0 Å². The van der Waals surface area contributed by atoms with E-state index in [1.807, 2.05) is 31.2 Å². The average Bonchev–Trinajstić information content (AvgIpc) is 2.75. The molecular weight excluding hydrogens is 460 g/mol. The molecule has 172 valence electrons. The fourth-order valence-electron chi connectivity index (χ4n) is 3.63. The smallest absolute Gasteiger partial charge is 0.317 e. The van der Waals surface area contributed by atoms with Crippen LogP contribution in [0.5, 0.6) is 0 Å². The number of nitrogens with one attached hydrogen (secondary N) is 2. The van der Waals surface area contributed by atoms with Crippen LogP contribution in [-0.4, -0.2) is 51.6 Å². The summed E-state index contributed by atoms with van der Waals surface area (Å²) in [5, 5.41) is 16.6. The predicted octanol–water partition coefficient (Wildman–Crippen LogP) is 3.42. The van der Waals surface area contributed by atoms with Crippen molar-refractivity contribution in [2.24, 2.45) is 5.73 Å². The van der Waals surface area contributed by atoms with Crippen molar-refractivity contribution in [1.29, 1.82) is 0 Å². The fraction of sp³-hybridized carbons (Fsp3) is 0.208. The largest absolute Gasteiger partial charge is 0.369 e. The summed E-state index contributed by atoms with van der Waals surface area (Å²) in [6.45, 7) is 1.86. The second-order valence-corrected chi connectivity index (χ2v) is 8.90. The van der Waals surface area contributed by atoms with Crippen molar-refractivity contribution in [2.75, 3.05) is 19.4 Å². The third kappa shape index (κ3) is 4.69. The lowest BCUT2D eigenvalue weighted by molar-refractivity contribution is -0.0453. The van der Waals surface area contributed by atoms with E-state index in [0.717, 1.165) is 5.56 Å². The Kier molecular flexibility index (Phi) is 7.04. The summed E-state index contributed by atoms with van der Waals surface area (Å²) in [6, 6.07) is 13.6. The Morgan fingerprint density at radius 1 is 1.12 bits per heavy atom. The molecule has 3 amide bonds. The van der Waals surface area contributed by atoms with E-state index in [2.05, 4.69) is 10.6 Å². The van der Waals surface area contributed by atoms with Gasteiger partial charge in [-0.2, -0.15) is 0 Å². The normalized spacial score (nSPS) is 21.9. The van der Waals surface area contributed by atoms with Crippen LogP contribution in [0.4, 0.5) is 10.5 Å². The number of thiocarbonyl (C=S) groups is 1. The molecular formula is C24H25ClN4O3S. The molecule has 2 aromatic carbocycles. The molecule has 2 aromatic rings. The summed E-state index contributed by atoms with van der Waals surface area (Å²) in [5.74, 6) is -0.256. The monoisotopic (exact) mass is 484 g/mol. The number of hydrogen-bond acceptors (Lipinski definition) is 5. The molecule has 0 bridgehead atoms. The van der Waals surface area contributed by atoms with E-state index in [4.69, 9.17) is 29.6 Å². The maximum absolute atomic E-state index is 12.9. The molecule has 5 N–H and O–H groups in total. The van der Waals surface area contributed by atoms with Gasteiger partial charge in [0.15, 0.2) is 10.6 Å². The van der Waals surface area contributed by atoms with Crippen molar-refractivity contribution in [3.8, 4) is 0 Å². The lowest BCUT2D eigenvalue weighted by atomic mass is 9.83. The highest BCUT2D eigenvalue weighted by molar-refractivity contribution is 7.80. The molecule has 3 rings (SSSR count). The number of allylic oxidation sites excluding steroid dienone is 2. The van der Waals surface area contributed by atoms with Crippen LogP contribution in [0.25, 0.3) is 5.57 Å². The number of urea groups is 1. The minimum atomic E-state index is -1.75. The van der Waals surface area contributed by atoms with E-state index in [9.17, 15) is 14.7 Å². The van der Waals surface area contributed by atoms with Gasteiger partial charge in [-0.25, -0.2) is 4.79 Å². The van der Waals surface area contributed by atoms with E-state index >= 15 is 0 Å². The zero-order valence-corrected chi connectivity index (χ0v) is 20.0. The van der Waals surface area contributed by atoms with Crippen LogP contribution in [0.2, 0.25) is 0 Å². The number of aryl methyl sites for hydroxylation is 1. The van der Waals surface area contributed by atoms with Gasteiger partial charge in [-0.1, -0.05) is 54.7 Å². The van der Waals surface area contributed by atoms with Crippen molar-refractivity contribution in [2.45, 2.75) is 17.5 Å². The Hall–Kier alpha value is -3.04. The van der Waals surface area contributed by atoms with Crippen LogP contribution in [0.3, 0.4) is 0 Å². The minimum Gasteiger partial charge on any atom is -0.369 e. The first-order valence-corrected chi connectivity index (χ1v) is 10.9. The van der Waals surface area contributed by atoms with Gasteiger partial charge < -0.3 is 21.5 Å². The zero-order chi connectivity index (χ0) is 24.4. The molecule has 0 aliphatic heterocycles. The van der Waals surface area contributed by atoms with Gasteiger partial charge in [-0.05, 0) is 56.4 Å². The van der Waals surface area contributed by atoms with Crippen molar-refractivity contribution < 1.29 is 14.7 Å². The number of hydrogen-bond donors (Lipinski definition) is 4. The highest BCUT2D eigenvalue weighted by Gasteiger charge is 2.53. The zero-order valence-electron chi connectivity index (χ0n) is 18.4. The first-order chi connectivity index (χ1) is 15.5. The number of likely N-dealkylation sites (N-methyl/N-ethyl adjacent to an activating group) is 1. The minimum absolute atomic E-state index is 0.156. The van der Waals surface area contributed by atoms with Crippen LogP contribution < -0.4 is 16.4 Å². The van der Waals surface area contributed by atoms with Crippen LogP contribution in [0, 0.1) is 6.92 Å². The average molecular weight is 485 g/mol. The second-order valence-electron chi connectivity index (χ2n) is 7.90. The molecule has 0 saturated heterocycles. The van der Waals surface area contributed by atoms with Crippen LogP contribution >= 0.6 is 23.8 Å². The molecule has 0 radical (unpaired) electrons. The van der Waals surface area contributed by atoms with Gasteiger partial charge in [0.25, 0.3) is 5.91 Å². The Morgan fingerprint density at radius 2 is 1.76 bits per heavy atom. The van der Waals surface area contributed by atoms with Crippen LogP contribution in [-0.2, 0) is 0 Å². The number of alkyl halides is 1. The lowest BCUT2D eigenvalue weighted by Crippen LogP contribution is -2.64. The van der Waals surface area contributed by atoms with Gasteiger partial charge >= 0.3 is 6.03 Å². The Balaban J connectivity index is 2.05. The number of aliphatic hydroxyl groups is 1. The van der Waals surface area contributed by atoms with Gasteiger partial charge in [-0.15, -0.1) is 11.6 Å². The van der Waals surface area contributed by atoms with Crippen LogP contribution in [0.15, 0.2) is 66.8 Å². The summed E-state index contributed by atoms with van der Waals surface area (Å²) < 4.78 is 0. The molecule has 1 aliphatic rings.